The summed E-state index contributed by atoms with van der Waals surface area (Å²) in [7, 11) is 0. The van der Waals surface area contributed by atoms with Crippen molar-refractivity contribution in [3.63, 3.8) is 0 Å². The first-order valence-electron chi connectivity index (χ1n) is 25.5. The molecule has 14 aromatic rings. The van der Waals surface area contributed by atoms with E-state index in [-0.39, 0.29) is 0 Å². The summed E-state index contributed by atoms with van der Waals surface area (Å²) in [5.41, 5.74) is 18.7. The molecule has 346 valence electrons. The molecular weight excluding hydrogens is 893 g/mol. The van der Waals surface area contributed by atoms with Gasteiger partial charge in [-0.15, -0.1) is 0 Å². The first-order valence-corrected chi connectivity index (χ1v) is 25.5. The van der Waals surface area contributed by atoms with Gasteiger partial charge in [0, 0.05) is 33.5 Å². The average molecular weight is 941 g/mol. The molecule has 0 bridgehead atoms. The fourth-order valence-electron chi connectivity index (χ4n) is 11.7. The summed E-state index contributed by atoms with van der Waals surface area (Å²) in [6.45, 7) is 0. The van der Waals surface area contributed by atoms with Gasteiger partial charge in [0.15, 0.2) is 0 Å². The molecular formula is C72H48N2. The molecule has 0 spiro atoms. The minimum atomic E-state index is 1.07. The third kappa shape index (κ3) is 7.35. The van der Waals surface area contributed by atoms with Gasteiger partial charge in [0.05, 0.1) is 11.0 Å². The first-order chi connectivity index (χ1) is 36.7. The fourth-order valence-corrected chi connectivity index (χ4v) is 11.7. The molecule has 0 unspecified atom stereocenters. The highest BCUT2D eigenvalue weighted by Gasteiger charge is 2.21. The van der Waals surface area contributed by atoms with Crippen molar-refractivity contribution in [1.82, 2.24) is 4.57 Å². The average Bonchev–Trinajstić information content (AvgIpc) is 3.82. The van der Waals surface area contributed by atoms with E-state index in [1.54, 1.807) is 0 Å². The summed E-state index contributed by atoms with van der Waals surface area (Å²) in [4.78, 5) is 2.41. The SMILES string of the molecule is c1ccc(-c2c(-c3cccc(N(c4ccc(-c5cccc(-n6c7ccccc7c7ccccc76)c5)cc4)c4ccc(-c5cccc6cccc(-c7ccccc7)c56)cc4)c3)c3ccccc3c3ccccc23)cc1. The Kier molecular flexibility index (Phi) is 10.6. The smallest absolute Gasteiger partial charge is 0.0541 e. The Morgan fingerprint density at radius 3 is 1.27 bits per heavy atom. The Morgan fingerprint density at radius 1 is 0.243 bits per heavy atom. The molecule has 0 saturated carbocycles. The maximum atomic E-state index is 2.41. The summed E-state index contributed by atoms with van der Waals surface area (Å²) in [5, 5.41) is 9.98. The maximum Gasteiger partial charge on any atom is 0.0541 e. The van der Waals surface area contributed by atoms with Crippen LogP contribution in [0.1, 0.15) is 0 Å². The molecule has 0 radical (unpaired) electrons. The van der Waals surface area contributed by atoms with Gasteiger partial charge in [-0.2, -0.15) is 0 Å². The third-order valence-corrected chi connectivity index (χ3v) is 15.0. The molecule has 0 N–H and O–H groups in total. The van der Waals surface area contributed by atoms with Gasteiger partial charge in [-0.1, -0.05) is 231 Å². The zero-order chi connectivity index (χ0) is 49.0. The summed E-state index contributed by atoms with van der Waals surface area (Å²) < 4.78 is 2.39. The molecule has 0 atom stereocenters. The molecule has 13 aromatic carbocycles. The lowest BCUT2D eigenvalue weighted by Crippen LogP contribution is -2.10. The number of nitrogens with zero attached hydrogens (tertiary/aromatic N) is 2. The summed E-state index contributed by atoms with van der Waals surface area (Å²) in [6, 6.07) is 106. The van der Waals surface area contributed by atoms with Gasteiger partial charge in [-0.05, 0) is 149 Å². The molecule has 1 aromatic heterocycles. The van der Waals surface area contributed by atoms with Crippen molar-refractivity contribution in [2.24, 2.45) is 0 Å². The molecule has 2 nitrogen and oxygen atoms in total. The Bertz CT molecular complexity index is 4340. The number of fused-ring (bicyclic) bond motifs is 7. The molecule has 0 amide bonds. The van der Waals surface area contributed by atoms with E-state index in [4.69, 9.17) is 0 Å². The lowest BCUT2D eigenvalue weighted by molar-refractivity contribution is 1.18. The van der Waals surface area contributed by atoms with E-state index >= 15 is 0 Å². The Morgan fingerprint density at radius 2 is 0.676 bits per heavy atom. The number of hydrogen-bond acceptors (Lipinski definition) is 1. The van der Waals surface area contributed by atoms with Gasteiger partial charge in [0.1, 0.15) is 0 Å². The first kappa shape index (κ1) is 43.1. The third-order valence-electron chi connectivity index (χ3n) is 15.0. The van der Waals surface area contributed by atoms with Crippen LogP contribution >= 0.6 is 0 Å². The topological polar surface area (TPSA) is 8.17 Å². The molecule has 0 aliphatic rings. The standard InChI is InChI=1S/C72H48N2/c1-3-19-50(20-4-1)60-35-17-23-52-24-18-36-61(70(52)60)51-41-45-57(46-42-51)73(56-43-39-49(40-44-56)54-25-15-28-59(47-54)74-68-37-13-11-31-64(68)65-32-12-14-38-69(65)74)58-27-16-26-55(48-58)72-67-34-10-8-30-63(67)62-29-7-9-33-66(62)71(72)53-21-5-2-6-22-53/h1-48H. The van der Waals surface area contributed by atoms with Crippen LogP contribution in [0.2, 0.25) is 0 Å². The molecule has 2 heteroatoms. The van der Waals surface area contributed by atoms with Crippen LogP contribution in [-0.4, -0.2) is 4.57 Å². The molecule has 74 heavy (non-hydrogen) atoms. The number of aromatic nitrogens is 1. The largest absolute Gasteiger partial charge is 0.310 e. The van der Waals surface area contributed by atoms with Crippen molar-refractivity contribution in [1.29, 1.82) is 0 Å². The minimum absolute atomic E-state index is 1.07. The molecule has 14 rings (SSSR count). The number of benzene rings is 13. The van der Waals surface area contributed by atoms with E-state index in [9.17, 15) is 0 Å². The Balaban J connectivity index is 0.921. The number of hydrogen-bond donors (Lipinski definition) is 0. The van der Waals surface area contributed by atoms with E-state index in [1.807, 2.05) is 0 Å². The van der Waals surface area contributed by atoms with Crippen LogP contribution in [0.5, 0.6) is 0 Å². The minimum Gasteiger partial charge on any atom is -0.310 e. The molecule has 0 aliphatic carbocycles. The van der Waals surface area contributed by atoms with E-state index in [0.29, 0.717) is 0 Å². The van der Waals surface area contributed by atoms with Crippen LogP contribution in [0.25, 0.3) is 115 Å². The van der Waals surface area contributed by atoms with Gasteiger partial charge in [0.25, 0.3) is 0 Å². The number of anilines is 3. The van der Waals surface area contributed by atoms with Crippen LogP contribution in [0.15, 0.2) is 291 Å². The fraction of sp³-hybridized carbons (Fsp3) is 0. The van der Waals surface area contributed by atoms with E-state index in [1.165, 1.54) is 93.1 Å². The van der Waals surface area contributed by atoms with Crippen molar-refractivity contribution >= 4 is 71.2 Å². The summed E-state index contributed by atoms with van der Waals surface area (Å²) in [6.07, 6.45) is 0. The Hall–Kier alpha value is -9.76. The van der Waals surface area contributed by atoms with Crippen LogP contribution in [0, 0.1) is 0 Å². The normalized spacial score (nSPS) is 11.5. The second kappa shape index (κ2) is 18.1. The predicted molar refractivity (Wildman–Crippen MR) is 315 cm³/mol. The van der Waals surface area contributed by atoms with Crippen molar-refractivity contribution in [2.75, 3.05) is 4.90 Å². The Labute approximate surface area is 430 Å². The lowest BCUT2D eigenvalue weighted by Gasteiger charge is -2.27. The number of para-hydroxylation sites is 2. The summed E-state index contributed by atoms with van der Waals surface area (Å²) in [5.74, 6) is 0. The summed E-state index contributed by atoms with van der Waals surface area (Å²) >= 11 is 0. The number of rotatable bonds is 9. The van der Waals surface area contributed by atoms with Gasteiger partial charge in [0.2, 0.25) is 0 Å². The highest BCUT2D eigenvalue weighted by Crippen LogP contribution is 2.47. The molecule has 0 fully saturated rings. The van der Waals surface area contributed by atoms with Crippen LogP contribution in [0.4, 0.5) is 17.1 Å². The van der Waals surface area contributed by atoms with Crippen molar-refractivity contribution < 1.29 is 0 Å². The van der Waals surface area contributed by atoms with Crippen LogP contribution < -0.4 is 4.90 Å². The monoisotopic (exact) mass is 940 g/mol. The second-order valence-electron chi connectivity index (χ2n) is 19.2. The maximum absolute atomic E-state index is 2.41. The zero-order valence-corrected chi connectivity index (χ0v) is 40.6. The van der Waals surface area contributed by atoms with Crippen LogP contribution in [-0.2, 0) is 0 Å². The lowest BCUT2D eigenvalue weighted by atomic mass is 9.85. The van der Waals surface area contributed by atoms with E-state index < -0.39 is 0 Å². The molecule has 1 heterocycles. The van der Waals surface area contributed by atoms with Gasteiger partial charge < -0.3 is 9.47 Å². The van der Waals surface area contributed by atoms with Crippen molar-refractivity contribution in [2.45, 2.75) is 0 Å². The second-order valence-corrected chi connectivity index (χ2v) is 19.2. The van der Waals surface area contributed by atoms with E-state index in [0.717, 1.165) is 39.4 Å². The highest BCUT2D eigenvalue weighted by molar-refractivity contribution is 6.22. The van der Waals surface area contributed by atoms with Crippen molar-refractivity contribution in [3.8, 4) is 61.3 Å². The van der Waals surface area contributed by atoms with Gasteiger partial charge in [-0.3, -0.25) is 0 Å². The van der Waals surface area contributed by atoms with Gasteiger partial charge >= 0.3 is 0 Å². The predicted octanol–water partition coefficient (Wildman–Crippen LogP) is 20.0. The van der Waals surface area contributed by atoms with Gasteiger partial charge in [-0.25, -0.2) is 0 Å². The molecule has 0 aliphatic heterocycles. The van der Waals surface area contributed by atoms with E-state index in [2.05, 4.69) is 301 Å². The molecule has 0 saturated heterocycles. The zero-order valence-electron chi connectivity index (χ0n) is 40.6. The highest BCUT2D eigenvalue weighted by atomic mass is 15.1. The van der Waals surface area contributed by atoms with Crippen molar-refractivity contribution in [3.05, 3.63) is 291 Å². The quantitative estimate of drug-likeness (QED) is 0.131. The van der Waals surface area contributed by atoms with Crippen LogP contribution in [0.3, 0.4) is 0 Å².